The number of carbonyl (C=O) groups is 2. The van der Waals surface area contributed by atoms with Crippen LogP contribution < -0.4 is 5.73 Å². The van der Waals surface area contributed by atoms with Crippen molar-refractivity contribution in [3.63, 3.8) is 0 Å². The van der Waals surface area contributed by atoms with Crippen molar-refractivity contribution in [2.75, 3.05) is 7.11 Å². The third-order valence-electron chi connectivity index (χ3n) is 4.14. The highest BCUT2D eigenvalue weighted by Gasteiger charge is 2.47. The fourth-order valence-electron chi connectivity index (χ4n) is 2.94. The van der Waals surface area contributed by atoms with Crippen LogP contribution in [0.15, 0.2) is 46.3 Å². The van der Waals surface area contributed by atoms with Crippen LogP contribution in [-0.4, -0.2) is 34.2 Å². The van der Waals surface area contributed by atoms with Crippen molar-refractivity contribution in [1.29, 1.82) is 5.26 Å². The Labute approximate surface area is 148 Å². The molecule has 1 fully saturated rings. The number of nitrogens with two attached hydrogens (primary N) is 1. The van der Waals surface area contributed by atoms with E-state index in [2.05, 4.69) is 0 Å². The summed E-state index contributed by atoms with van der Waals surface area (Å²) in [6.07, 6.45) is 0. The number of ether oxygens (including phenoxy) is 1. The number of esters is 1. The number of allylic oxidation sites excluding steroid dienone is 1. The van der Waals surface area contributed by atoms with Crippen LogP contribution in [0.1, 0.15) is 18.4 Å². The van der Waals surface area contributed by atoms with Crippen molar-refractivity contribution >= 4 is 23.6 Å². The number of amides is 1. The number of methoxy groups -OCH3 is 1. The summed E-state index contributed by atoms with van der Waals surface area (Å²) in [6, 6.07) is 8.15. The Morgan fingerprint density at radius 1 is 1.40 bits per heavy atom. The van der Waals surface area contributed by atoms with E-state index in [0.29, 0.717) is 10.6 Å². The molecule has 2 atom stereocenters. The monoisotopic (exact) mass is 357 g/mol. The predicted octanol–water partition coefficient (Wildman–Crippen LogP) is 1.53. The number of thioether (sulfide) groups is 1. The molecule has 0 spiro atoms. The van der Waals surface area contributed by atoms with E-state index in [1.54, 1.807) is 19.1 Å². The minimum Gasteiger partial charge on any atom is -0.508 e. The van der Waals surface area contributed by atoms with Gasteiger partial charge in [-0.05, 0) is 24.6 Å². The highest BCUT2D eigenvalue weighted by molar-refractivity contribution is 8.04. The van der Waals surface area contributed by atoms with Crippen molar-refractivity contribution < 1.29 is 19.4 Å². The van der Waals surface area contributed by atoms with E-state index in [1.807, 2.05) is 6.07 Å². The van der Waals surface area contributed by atoms with Gasteiger partial charge in [0.25, 0.3) is 0 Å². The second kappa shape index (κ2) is 6.18. The number of fused-ring (bicyclic) bond motifs is 1. The summed E-state index contributed by atoms with van der Waals surface area (Å²) in [5, 5.41) is 19.1. The maximum absolute atomic E-state index is 12.5. The van der Waals surface area contributed by atoms with E-state index < -0.39 is 17.1 Å². The summed E-state index contributed by atoms with van der Waals surface area (Å²) in [5.41, 5.74) is 6.99. The first kappa shape index (κ1) is 16.9. The number of carbonyl (C=O) groups excluding carboxylic acids is 2. The van der Waals surface area contributed by atoms with Crippen molar-refractivity contribution in [3.8, 4) is 11.8 Å². The lowest BCUT2D eigenvalue weighted by molar-refractivity contribution is -0.136. The zero-order valence-electron chi connectivity index (χ0n) is 13.5. The molecule has 3 N–H and O–H groups in total. The van der Waals surface area contributed by atoms with Crippen molar-refractivity contribution in [3.05, 3.63) is 51.8 Å². The Hall–Kier alpha value is -2.92. The number of nitriles is 1. The fourth-order valence-corrected chi connectivity index (χ4v) is 4.10. The minimum atomic E-state index is -0.769. The summed E-state index contributed by atoms with van der Waals surface area (Å²) >= 11 is 1.21. The average Bonchev–Trinajstić information content (AvgIpc) is 2.90. The normalized spacial score (nSPS) is 22.8. The quantitative estimate of drug-likeness (QED) is 0.771. The summed E-state index contributed by atoms with van der Waals surface area (Å²) in [4.78, 5) is 26.1. The number of aromatic hydroxyl groups is 1. The van der Waals surface area contributed by atoms with Gasteiger partial charge in [0.15, 0.2) is 0 Å². The molecule has 0 bridgehead atoms. The van der Waals surface area contributed by atoms with Gasteiger partial charge in [-0.1, -0.05) is 23.9 Å². The first-order chi connectivity index (χ1) is 11.9. The van der Waals surface area contributed by atoms with Crippen LogP contribution in [0.3, 0.4) is 0 Å². The fraction of sp³-hybridized carbons (Fsp3) is 0.235. The van der Waals surface area contributed by atoms with Crippen molar-refractivity contribution in [2.24, 2.45) is 5.73 Å². The minimum absolute atomic E-state index is 0.0186. The first-order valence-electron chi connectivity index (χ1n) is 7.42. The summed E-state index contributed by atoms with van der Waals surface area (Å²) < 4.78 is 4.90. The highest BCUT2D eigenvalue weighted by atomic mass is 32.2. The van der Waals surface area contributed by atoms with Gasteiger partial charge in [-0.25, -0.2) is 4.79 Å². The van der Waals surface area contributed by atoms with Gasteiger partial charge in [0.05, 0.1) is 40.5 Å². The molecule has 0 unspecified atom stereocenters. The molecular formula is C17H15N3O4S. The molecule has 8 heteroatoms. The second-order valence-corrected chi connectivity index (χ2v) is 6.91. The van der Waals surface area contributed by atoms with Crippen LogP contribution >= 0.6 is 11.8 Å². The number of nitrogens with zero attached hydrogens (tertiary/aromatic N) is 2. The van der Waals surface area contributed by atoms with E-state index in [0.717, 1.165) is 0 Å². The molecule has 128 valence electrons. The van der Waals surface area contributed by atoms with E-state index >= 15 is 0 Å². The average molecular weight is 357 g/mol. The zero-order chi connectivity index (χ0) is 18.3. The number of hydrogen-bond acceptors (Lipinski definition) is 7. The Morgan fingerprint density at radius 3 is 2.60 bits per heavy atom. The number of rotatable bonds is 2. The number of benzene rings is 1. The van der Waals surface area contributed by atoms with Gasteiger partial charge in [-0.15, -0.1) is 0 Å². The molecule has 0 aromatic heterocycles. The van der Waals surface area contributed by atoms with E-state index in [1.165, 1.54) is 35.9 Å². The van der Waals surface area contributed by atoms with Crippen LogP contribution in [0, 0.1) is 11.3 Å². The van der Waals surface area contributed by atoms with Crippen molar-refractivity contribution in [2.45, 2.75) is 18.1 Å². The molecule has 1 amide bonds. The van der Waals surface area contributed by atoms with Gasteiger partial charge in [0, 0.05) is 0 Å². The van der Waals surface area contributed by atoms with Crippen LogP contribution in [0.25, 0.3) is 0 Å². The van der Waals surface area contributed by atoms with Crippen LogP contribution in [0.5, 0.6) is 5.75 Å². The van der Waals surface area contributed by atoms with Crippen LogP contribution in [0.2, 0.25) is 0 Å². The summed E-state index contributed by atoms with van der Waals surface area (Å²) in [6.45, 7) is 1.71. The Morgan fingerprint density at radius 2 is 2.04 bits per heavy atom. The molecule has 1 saturated heterocycles. The first-order valence-corrected chi connectivity index (χ1v) is 8.30. The SMILES string of the molecule is COC(=O)C1=C2S[C@H](C)C(=O)N2C(N)=C(C#N)[C@@H]1c1ccc(O)cc1. The Kier molecular flexibility index (Phi) is 4.18. The summed E-state index contributed by atoms with van der Waals surface area (Å²) in [5.74, 6) is -1.61. The lowest BCUT2D eigenvalue weighted by atomic mass is 9.83. The lowest BCUT2D eigenvalue weighted by Crippen LogP contribution is -2.37. The molecular weight excluding hydrogens is 342 g/mol. The van der Waals surface area contributed by atoms with Crippen LogP contribution in [-0.2, 0) is 14.3 Å². The Bertz CT molecular complexity index is 867. The molecule has 7 nitrogen and oxygen atoms in total. The smallest absolute Gasteiger partial charge is 0.337 e. The second-order valence-electron chi connectivity index (χ2n) is 5.58. The summed E-state index contributed by atoms with van der Waals surface area (Å²) in [7, 11) is 1.24. The lowest BCUT2D eigenvalue weighted by Gasteiger charge is -2.31. The van der Waals surface area contributed by atoms with Crippen molar-refractivity contribution in [1.82, 2.24) is 4.90 Å². The van der Waals surface area contributed by atoms with Gasteiger partial charge < -0.3 is 15.6 Å². The topological polar surface area (TPSA) is 117 Å². The van der Waals surface area contributed by atoms with Gasteiger partial charge in [-0.3, -0.25) is 9.69 Å². The molecule has 2 aliphatic rings. The third-order valence-corrected chi connectivity index (χ3v) is 5.32. The number of hydrogen-bond donors (Lipinski definition) is 2. The maximum Gasteiger partial charge on any atom is 0.337 e. The molecule has 1 aromatic rings. The molecule has 0 saturated carbocycles. The zero-order valence-corrected chi connectivity index (χ0v) is 14.3. The van der Waals surface area contributed by atoms with Gasteiger partial charge in [0.1, 0.15) is 11.6 Å². The standard InChI is InChI=1S/C17H15N3O4S/c1-8-15(22)20-14(19)11(7-18)12(9-3-5-10(21)6-4-9)13(16(20)25-8)17(23)24-2/h3-6,8,12,21H,19H2,1-2H3/t8-,12+/m1/s1. The van der Waals surface area contributed by atoms with Gasteiger partial charge >= 0.3 is 5.97 Å². The van der Waals surface area contributed by atoms with Gasteiger partial charge in [-0.2, -0.15) is 5.26 Å². The molecule has 25 heavy (non-hydrogen) atoms. The van der Waals surface area contributed by atoms with Crippen LogP contribution in [0.4, 0.5) is 0 Å². The van der Waals surface area contributed by atoms with E-state index in [9.17, 15) is 20.0 Å². The van der Waals surface area contributed by atoms with Gasteiger partial charge in [0.2, 0.25) is 5.91 Å². The molecule has 2 heterocycles. The molecule has 0 radical (unpaired) electrons. The Balaban J connectivity index is 2.28. The number of phenols is 1. The van der Waals surface area contributed by atoms with E-state index in [4.69, 9.17) is 10.5 Å². The number of phenolic OH excluding ortho intramolecular Hbond substituents is 1. The molecule has 3 rings (SSSR count). The highest BCUT2D eigenvalue weighted by Crippen LogP contribution is 2.49. The van der Waals surface area contributed by atoms with E-state index in [-0.39, 0.29) is 28.6 Å². The largest absolute Gasteiger partial charge is 0.508 e. The third kappa shape index (κ3) is 2.53. The molecule has 2 aliphatic heterocycles. The predicted molar refractivity (Wildman–Crippen MR) is 90.6 cm³/mol. The molecule has 0 aliphatic carbocycles. The molecule has 1 aromatic carbocycles. The maximum atomic E-state index is 12.5.